The van der Waals surface area contributed by atoms with E-state index in [9.17, 15) is 15.0 Å². The van der Waals surface area contributed by atoms with Crippen molar-refractivity contribution in [1.29, 1.82) is 0 Å². The van der Waals surface area contributed by atoms with E-state index in [1.54, 1.807) is 0 Å². The van der Waals surface area contributed by atoms with Gasteiger partial charge in [-0.05, 0) is 11.6 Å². The Balaban J connectivity index is 2.32. The zero-order valence-electron chi connectivity index (χ0n) is 12.5. The molecule has 2 rings (SSSR count). The number of nitrogens with two attached hydrogens (primary N) is 1. The largest absolute Gasteiger partial charge is 0.388 e. The standard InChI is InChI=1S/C12H17ClN6O4/c1-15-10(22)5(20)3-6(21)11(23-2)19-4-16-7-8(14)17-12(13)18-9(7)19/h4-6,11,20-21H,3H2,1-2H3,(H,15,22)(H2,14,17,18)/t5-,6+,11-/m0/s1. The minimum atomic E-state index is -1.38. The van der Waals surface area contributed by atoms with Crippen molar-refractivity contribution < 1.29 is 19.7 Å². The summed E-state index contributed by atoms with van der Waals surface area (Å²) in [5, 5.41) is 22.2. The Morgan fingerprint density at radius 1 is 1.52 bits per heavy atom. The Bertz CT molecular complexity index is 708. The van der Waals surface area contributed by atoms with Crippen molar-refractivity contribution in [3.63, 3.8) is 0 Å². The zero-order chi connectivity index (χ0) is 17.1. The van der Waals surface area contributed by atoms with Crippen LogP contribution in [0, 0.1) is 0 Å². The van der Waals surface area contributed by atoms with Crippen molar-refractivity contribution in [2.45, 2.75) is 24.9 Å². The molecule has 0 aliphatic heterocycles. The van der Waals surface area contributed by atoms with E-state index in [-0.39, 0.29) is 23.2 Å². The van der Waals surface area contributed by atoms with Gasteiger partial charge in [0.2, 0.25) is 11.2 Å². The van der Waals surface area contributed by atoms with Gasteiger partial charge in [0, 0.05) is 20.6 Å². The lowest BCUT2D eigenvalue weighted by atomic mass is 10.1. The lowest BCUT2D eigenvalue weighted by molar-refractivity contribution is -0.133. The van der Waals surface area contributed by atoms with Gasteiger partial charge in [0.05, 0.1) is 6.33 Å². The third-order valence-corrected chi connectivity index (χ3v) is 3.45. The van der Waals surface area contributed by atoms with E-state index in [1.807, 2.05) is 0 Å². The minimum Gasteiger partial charge on any atom is -0.388 e. The van der Waals surface area contributed by atoms with Gasteiger partial charge >= 0.3 is 0 Å². The fourth-order valence-corrected chi connectivity index (χ4v) is 2.34. The Hall–Kier alpha value is -2.01. The number of rotatable bonds is 6. The maximum Gasteiger partial charge on any atom is 0.248 e. The number of fused-ring (bicyclic) bond motifs is 1. The molecule has 0 aromatic carbocycles. The molecule has 1 amide bonds. The van der Waals surface area contributed by atoms with Gasteiger partial charge in [0.15, 0.2) is 17.7 Å². The van der Waals surface area contributed by atoms with E-state index in [4.69, 9.17) is 22.1 Å². The van der Waals surface area contributed by atoms with Crippen LogP contribution in [0.15, 0.2) is 6.33 Å². The molecule has 11 heteroatoms. The summed E-state index contributed by atoms with van der Waals surface area (Å²) in [6.07, 6.45) is -2.43. The number of amides is 1. The maximum atomic E-state index is 11.4. The van der Waals surface area contributed by atoms with Gasteiger partial charge in [0.1, 0.15) is 17.7 Å². The number of imidazole rings is 1. The molecule has 0 saturated heterocycles. The summed E-state index contributed by atoms with van der Waals surface area (Å²) in [7, 11) is 2.74. The first-order valence-electron chi connectivity index (χ1n) is 6.65. The molecule has 2 aromatic rings. The number of aliphatic hydroxyl groups excluding tert-OH is 2. The Labute approximate surface area is 136 Å². The summed E-state index contributed by atoms with van der Waals surface area (Å²) in [4.78, 5) is 23.2. The predicted molar refractivity (Wildman–Crippen MR) is 81.5 cm³/mol. The molecule has 10 nitrogen and oxygen atoms in total. The number of methoxy groups -OCH3 is 1. The number of likely N-dealkylation sites (N-methyl/N-ethyl adjacent to an activating group) is 1. The Kier molecular flexibility index (Phi) is 5.31. The van der Waals surface area contributed by atoms with Crippen LogP contribution < -0.4 is 11.1 Å². The number of carbonyl (C=O) groups excluding carboxylic acids is 1. The van der Waals surface area contributed by atoms with Crippen molar-refractivity contribution in [3.05, 3.63) is 11.6 Å². The topological polar surface area (TPSA) is 148 Å². The first-order chi connectivity index (χ1) is 10.9. The highest BCUT2D eigenvalue weighted by atomic mass is 35.5. The number of nitrogens with zero attached hydrogens (tertiary/aromatic N) is 4. The normalized spacial score (nSPS) is 15.3. The smallest absolute Gasteiger partial charge is 0.248 e. The Morgan fingerprint density at radius 2 is 2.22 bits per heavy atom. The molecule has 0 saturated carbocycles. The number of aliphatic hydroxyl groups is 2. The van der Waals surface area contributed by atoms with Gasteiger partial charge in [-0.3, -0.25) is 9.36 Å². The molecular formula is C12H17ClN6O4. The summed E-state index contributed by atoms with van der Waals surface area (Å²) < 4.78 is 6.65. The quantitative estimate of drug-likeness (QED) is 0.491. The highest BCUT2D eigenvalue weighted by molar-refractivity contribution is 6.28. The van der Waals surface area contributed by atoms with Gasteiger partial charge < -0.3 is 26.0 Å². The molecule has 0 fully saturated rings. The fraction of sp³-hybridized carbons (Fsp3) is 0.500. The van der Waals surface area contributed by atoms with Crippen molar-refractivity contribution >= 4 is 34.5 Å². The molecule has 2 aromatic heterocycles. The summed E-state index contributed by atoms with van der Waals surface area (Å²) >= 11 is 5.79. The zero-order valence-corrected chi connectivity index (χ0v) is 13.2. The molecule has 2 heterocycles. The van der Waals surface area contributed by atoms with Gasteiger partial charge in [0.25, 0.3) is 0 Å². The Morgan fingerprint density at radius 3 is 2.83 bits per heavy atom. The first-order valence-corrected chi connectivity index (χ1v) is 7.02. The molecule has 0 radical (unpaired) electrons. The SMILES string of the molecule is CNC(=O)[C@@H](O)C[C@@H](O)[C@H](OC)n1cnc2c(N)nc(Cl)nc21. The predicted octanol–water partition coefficient (Wildman–Crippen LogP) is -0.935. The number of ether oxygens (including phenoxy) is 1. The number of hydrogen-bond acceptors (Lipinski definition) is 8. The minimum absolute atomic E-state index is 0.0773. The van der Waals surface area contributed by atoms with Gasteiger partial charge in [-0.15, -0.1) is 0 Å². The van der Waals surface area contributed by atoms with Crippen LogP contribution >= 0.6 is 11.6 Å². The molecule has 126 valence electrons. The second kappa shape index (κ2) is 7.04. The second-order valence-corrected chi connectivity index (χ2v) is 5.10. The van der Waals surface area contributed by atoms with Crippen molar-refractivity contribution in [2.24, 2.45) is 0 Å². The van der Waals surface area contributed by atoms with Crippen molar-refractivity contribution in [3.8, 4) is 0 Å². The second-order valence-electron chi connectivity index (χ2n) is 4.76. The van der Waals surface area contributed by atoms with E-state index in [2.05, 4.69) is 20.3 Å². The van der Waals surface area contributed by atoms with E-state index in [1.165, 1.54) is 25.1 Å². The number of nitrogen functional groups attached to an aromatic ring is 1. The molecule has 0 spiro atoms. The number of carbonyl (C=O) groups is 1. The third-order valence-electron chi connectivity index (χ3n) is 3.28. The van der Waals surface area contributed by atoms with Crippen LogP contribution in [0.1, 0.15) is 12.6 Å². The fourth-order valence-electron chi connectivity index (χ4n) is 2.17. The van der Waals surface area contributed by atoms with Crippen molar-refractivity contribution in [1.82, 2.24) is 24.8 Å². The molecule has 3 atom stereocenters. The van der Waals surface area contributed by atoms with Crippen LogP contribution in [0.25, 0.3) is 11.2 Å². The molecule has 5 N–H and O–H groups in total. The summed E-state index contributed by atoms with van der Waals surface area (Å²) in [6, 6.07) is 0. The molecule has 0 bridgehead atoms. The van der Waals surface area contributed by atoms with E-state index >= 15 is 0 Å². The maximum absolute atomic E-state index is 11.4. The third kappa shape index (κ3) is 3.50. The van der Waals surface area contributed by atoms with Crippen LogP contribution in [0.3, 0.4) is 0 Å². The number of hydrogen-bond donors (Lipinski definition) is 4. The highest BCUT2D eigenvalue weighted by Gasteiger charge is 2.28. The van der Waals surface area contributed by atoms with E-state index in [0.717, 1.165) is 0 Å². The number of halogens is 1. The summed E-state index contributed by atoms with van der Waals surface area (Å²) in [5.41, 5.74) is 6.29. The number of anilines is 1. The van der Waals surface area contributed by atoms with Crippen molar-refractivity contribution in [2.75, 3.05) is 19.9 Å². The van der Waals surface area contributed by atoms with E-state index < -0.39 is 24.3 Å². The molecule has 0 unspecified atom stereocenters. The van der Waals surface area contributed by atoms with Gasteiger partial charge in [-0.25, -0.2) is 4.98 Å². The van der Waals surface area contributed by atoms with Gasteiger partial charge in [-0.2, -0.15) is 9.97 Å². The average Bonchev–Trinajstić information content (AvgIpc) is 2.91. The summed E-state index contributed by atoms with van der Waals surface area (Å²) in [5.74, 6) is -0.516. The van der Waals surface area contributed by atoms with E-state index in [0.29, 0.717) is 5.52 Å². The first kappa shape index (κ1) is 17.3. The lowest BCUT2D eigenvalue weighted by Crippen LogP contribution is -2.37. The van der Waals surface area contributed by atoms with Crippen LogP contribution in [0.5, 0.6) is 0 Å². The molecule has 0 aliphatic carbocycles. The highest BCUT2D eigenvalue weighted by Crippen LogP contribution is 2.25. The summed E-state index contributed by atoms with van der Waals surface area (Å²) in [6.45, 7) is 0. The average molecular weight is 345 g/mol. The van der Waals surface area contributed by atoms with Gasteiger partial charge in [-0.1, -0.05) is 0 Å². The molecule has 23 heavy (non-hydrogen) atoms. The van der Waals surface area contributed by atoms with Crippen LogP contribution in [-0.4, -0.2) is 62.0 Å². The number of aromatic nitrogens is 4. The monoisotopic (exact) mass is 344 g/mol. The molecular weight excluding hydrogens is 328 g/mol. The number of nitrogens with one attached hydrogen (secondary N) is 1. The molecule has 0 aliphatic rings. The van der Waals surface area contributed by atoms with Crippen LogP contribution in [0.2, 0.25) is 5.28 Å². The lowest BCUT2D eigenvalue weighted by Gasteiger charge is -2.24. The van der Waals surface area contributed by atoms with Crippen LogP contribution in [0.4, 0.5) is 5.82 Å². The van der Waals surface area contributed by atoms with Crippen LogP contribution in [-0.2, 0) is 9.53 Å².